The van der Waals surface area contributed by atoms with Crippen molar-refractivity contribution in [1.29, 1.82) is 0 Å². The van der Waals surface area contributed by atoms with Gasteiger partial charge in [0, 0.05) is 0 Å². The summed E-state index contributed by atoms with van der Waals surface area (Å²) in [4.78, 5) is 12.5. The van der Waals surface area contributed by atoms with Gasteiger partial charge in [0.2, 0.25) is 5.91 Å². The molecular formula is C62H115NO4. The van der Waals surface area contributed by atoms with Crippen molar-refractivity contribution in [2.45, 2.75) is 321 Å². The lowest BCUT2D eigenvalue weighted by atomic mass is 10.0. The molecule has 0 saturated heterocycles. The van der Waals surface area contributed by atoms with Crippen molar-refractivity contribution in [1.82, 2.24) is 5.32 Å². The molecule has 4 N–H and O–H groups in total. The summed E-state index contributed by atoms with van der Waals surface area (Å²) in [5.41, 5.74) is 0. The molecule has 0 aromatic carbocycles. The quantitative estimate of drug-likeness (QED) is 0.0361. The molecule has 0 bridgehead atoms. The largest absolute Gasteiger partial charge is 0.394 e. The van der Waals surface area contributed by atoms with Crippen LogP contribution in [0.1, 0.15) is 303 Å². The molecule has 0 rings (SSSR count). The van der Waals surface area contributed by atoms with Gasteiger partial charge < -0.3 is 20.6 Å². The second kappa shape index (κ2) is 56.6. The Bertz CT molecular complexity index is 1130. The minimum Gasteiger partial charge on any atom is -0.394 e. The van der Waals surface area contributed by atoms with Crippen LogP contribution in [0.15, 0.2) is 60.8 Å². The molecular weight excluding hydrogens is 823 g/mol. The maximum atomic E-state index is 12.5. The average Bonchev–Trinajstić information content (AvgIpc) is 3.32. The summed E-state index contributed by atoms with van der Waals surface area (Å²) in [7, 11) is 0. The fourth-order valence-corrected chi connectivity index (χ4v) is 8.99. The molecule has 1 amide bonds. The van der Waals surface area contributed by atoms with Crippen LogP contribution in [0.4, 0.5) is 0 Å². The van der Waals surface area contributed by atoms with Gasteiger partial charge in [0.05, 0.1) is 31.3 Å². The van der Waals surface area contributed by atoms with E-state index in [1.54, 1.807) is 6.08 Å². The first kappa shape index (κ1) is 65.0. The van der Waals surface area contributed by atoms with E-state index in [4.69, 9.17) is 0 Å². The van der Waals surface area contributed by atoms with Gasteiger partial charge in [-0.3, -0.25) is 4.79 Å². The smallest absolute Gasteiger partial charge is 0.222 e. The highest BCUT2D eigenvalue weighted by Gasteiger charge is 2.20. The molecule has 5 heteroatoms. The van der Waals surface area contributed by atoms with E-state index >= 15 is 0 Å². The van der Waals surface area contributed by atoms with Gasteiger partial charge in [0.15, 0.2) is 0 Å². The second-order valence-corrected chi connectivity index (χ2v) is 20.2. The molecule has 0 aromatic rings. The zero-order valence-corrected chi connectivity index (χ0v) is 44.8. The lowest BCUT2D eigenvalue weighted by Gasteiger charge is -2.21. The number of hydrogen-bond acceptors (Lipinski definition) is 4. The van der Waals surface area contributed by atoms with Crippen LogP contribution in [0.25, 0.3) is 0 Å². The third-order valence-electron chi connectivity index (χ3n) is 13.5. The molecule has 5 nitrogen and oxygen atoms in total. The van der Waals surface area contributed by atoms with Gasteiger partial charge in [-0.1, -0.05) is 280 Å². The van der Waals surface area contributed by atoms with E-state index in [1.807, 2.05) is 6.08 Å². The molecule has 0 aliphatic rings. The lowest BCUT2D eigenvalue weighted by molar-refractivity contribution is -0.124. The number of hydrogen-bond donors (Lipinski definition) is 4. The van der Waals surface area contributed by atoms with Gasteiger partial charge >= 0.3 is 0 Å². The van der Waals surface area contributed by atoms with Crippen molar-refractivity contribution in [2.24, 2.45) is 0 Å². The van der Waals surface area contributed by atoms with Crippen LogP contribution in [-0.2, 0) is 4.79 Å². The van der Waals surface area contributed by atoms with E-state index in [1.165, 1.54) is 231 Å². The third-order valence-corrected chi connectivity index (χ3v) is 13.5. The Balaban J connectivity index is 3.64. The third kappa shape index (κ3) is 53.3. The molecule has 0 saturated carbocycles. The minimum atomic E-state index is -0.964. The summed E-state index contributed by atoms with van der Waals surface area (Å²) in [6, 6.07) is -0.772. The van der Waals surface area contributed by atoms with Crippen LogP contribution in [-0.4, -0.2) is 46.1 Å². The van der Waals surface area contributed by atoms with Gasteiger partial charge in [-0.2, -0.15) is 0 Å². The highest BCUT2D eigenvalue weighted by Crippen LogP contribution is 2.17. The first-order chi connectivity index (χ1) is 33.0. The summed E-state index contributed by atoms with van der Waals surface area (Å²) in [5.74, 6) is -0.329. The lowest BCUT2D eigenvalue weighted by Crippen LogP contribution is -2.45. The maximum absolute atomic E-state index is 12.5. The number of nitrogens with one attached hydrogen (secondary N) is 1. The Morgan fingerprint density at radius 3 is 1.04 bits per heavy atom. The first-order valence-electron chi connectivity index (χ1n) is 29.6. The summed E-state index contributed by atoms with van der Waals surface area (Å²) >= 11 is 0. The number of aliphatic hydroxyl groups excluding tert-OH is 3. The monoisotopic (exact) mass is 938 g/mol. The Hall–Kier alpha value is -1.95. The molecule has 3 atom stereocenters. The number of carbonyl (C=O) groups excluding carboxylic acids is 1. The Morgan fingerprint density at radius 2 is 0.687 bits per heavy atom. The highest BCUT2D eigenvalue weighted by molar-refractivity contribution is 5.76. The Labute approximate surface area is 418 Å². The molecule has 0 aliphatic heterocycles. The minimum absolute atomic E-state index is 0.000464. The van der Waals surface area contributed by atoms with Crippen LogP contribution in [0.2, 0.25) is 0 Å². The summed E-state index contributed by atoms with van der Waals surface area (Å²) < 4.78 is 0. The van der Waals surface area contributed by atoms with E-state index < -0.39 is 18.2 Å². The van der Waals surface area contributed by atoms with Crippen LogP contribution < -0.4 is 5.32 Å². The maximum Gasteiger partial charge on any atom is 0.222 e. The van der Waals surface area contributed by atoms with Crippen molar-refractivity contribution in [3.63, 3.8) is 0 Å². The molecule has 0 fully saturated rings. The molecule has 0 heterocycles. The number of aliphatic hydroxyl groups is 3. The van der Waals surface area contributed by atoms with Crippen molar-refractivity contribution >= 4 is 5.91 Å². The number of rotatable bonds is 54. The van der Waals surface area contributed by atoms with Crippen LogP contribution in [0, 0.1) is 0 Å². The van der Waals surface area contributed by atoms with Crippen LogP contribution in [0.5, 0.6) is 0 Å². The van der Waals surface area contributed by atoms with E-state index in [-0.39, 0.29) is 18.9 Å². The topological polar surface area (TPSA) is 89.8 Å². The van der Waals surface area contributed by atoms with Crippen molar-refractivity contribution in [3.8, 4) is 0 Å². The molecule has 0 spiro atoms. The van der Waals surface area contributed by atoms with Crippen LogP contribution >= 0.6 is 0 Å². The Morgan fingerprint density at radius 1 is 0.388 bits per heavy atom. The van der Waals surface area contributed by atoms with E-state index in [0.29, 0.717) is 6.42 Å². The number of carbonyl (C=O) groups is 1. The normalized spacial score (nSPS) is 13.7. The van der Waals surface area contributed by atoms with E-state index in [2.05, 4.69) is 67.8 Å². The van der Waals surface area contributed by atoms with Gasteiger partial charge in [-0.15, -0.1) is 0 Å². The number of unbranched alkanes of at least 4 members (excludes halogenated alkanes) is 37. The van der Waals surface area contributed by atoms with E-state index in [9.17, 15) is 20.1 Å². The zero-order valence-electron chi connectivity index (χ0n) is 44.8. The van der Waals surface area contributed by atoms with Crippen LogP contribution in [0.3, 0.4) is 0 Å². The molecule has 0 radical (unpaired) electrons. The second-order valence-electron chi connectivity index (χ2n) is 20.2. The number of allylic oxidation sites excluding steroid dienone is 9. The van der Waals surface area contributed by atoms with Gasteiger partial charge in [-0.05, 0) is 77.0 Å². The predicted molar refractivity (Wildman–Crippen MR) is 296 cm³/mol. The van der Waals surface area contributed by atoms with Gasteiger partial charge in [0.1, 0.15) is 0 Å². The number of amides is 1. The van der Waals surface area contributed by atoms with Crippen molar-refractivity contribution in [2.75, 3.05) is 6.61 Å². The molecule has 0 aliphatic carbocycles. The van der Waals surface area contributed by atoms with E-state index in [0.717, 1.165) is 44.9 Å². The Kier molecular flexibility index (Phi) is 55.0. The summed E-state index contributed by atoms with van der Waals surface area (Å²) in [6.45, 7) is 4.22. The molecule has 3 unspecified atom stereocenters. The first-order valence-corrected chi connectivity index (χ1v) is 29.6. The average molecular weight is 939 g/mol. The fraction of sp³-hybridized carbons (Fsp3) is 0.823. The highest BCUT2D eigenvalue weighted by atomic mass is 16.3. The standard InChI is InChI=1S/C62H115NO4/c1-3-5-7-9-11-13-15-17-19-21-23-25-27-29-30-32-33-35-37-39-41-43-45-47-49-51-53-55-59(65)57-62(67)63-60(58-64)61(66)56-54-52-50-48-46-44-42-40-38-36-34-31-28-26-24-22-20-18-16-14-12-10-8-6-4-2/h23,25,29-30,38,40,46,48,54,56,59-61,64-66H,3-22,24,26-28,31-37,39,41-45,47,49-53,55,57-58H2,1-2H3,(H,63,67)/b25-23-,30-29-,40-38+,48-46+,56-54+. The molecule has 392 valence electrons. The molecule has 0 aromatic heterocycles. The van der Waals surface area contributed by atoms with Crippen molar-refractivity contribution in [3.05, 3.63) is 60.8 Å². The predicted octanol–water partition coefficient (Wildman–Crippen LogP) is 18.6. The van der Waals surface area contributed by atoms with Gasteiger partial charge in [-0.25, -0.2) is 0 Å². The SMILES string of the molecule is CCCCCCCCCCC/C=C\C/C=C\CCCCCCCCCCCCCC(O)CC(=O)NC(CO)C(O)/C=C/CC/C=C/CC/C=C/CCCCCCCCCCCCCCCCC. The van der Waals surface area contributed by atoms with Crippen molar-refractivity contribution < 1.29 is 20.1 Å². The van der Waals surface area contributed by atoms with Gasteiger partial charge in [0.25, 0.3) is 0 Å². The molecule has 67 heavy (non-hydrogen) atoms. The summed E-state index contributed by atoms with van der Waals surface area (Å²) in [5, 5.41) is 33.5. The summed E-state index contributed by atoms with van der Waals surface area (Å²) in [6.07, 6.45) is 77.0. The zero-order chi connectivity index (χ0) is 48.6. The fourth-order valence-electron chi connectivity index (χ4n) is 8.99.